The van der Waals surface area contributed by atoms with Gasteiger partial charge in [-0.1, -0.05) is 5.16 Å². The molecule has 1 atom stereocenters. The number of rotatable bonds is 4. The number of aromatic nitrogens is 3. The molecule has 0 saturated heterocycles. The Morgan fingerprint density at radius 1 is 1.42 bits per heavy atom. The van der Waals surface area contributed by atoms with Crippen LogP contribution in [0.5, 0.6) is 0 Å². The topological polar surface area (TPSA) is 64.2 Å². The molecule has 0 bridgehead atoms. The molecule has 0 fully saturated rings. The van der Waals surface area contributed by atoms with Crippen molar-refractivity contribution in [2.24, 2.45) is 5.92 Å². The molecule has 3 heterocycles. The van der Waals surface area contributed by atoms with Crippen LogP contribution >= 0.6 is 0 Å². The second-order valence-electron chi connectivity index (χ2n) is 6.85. The third-order valence-corrected chi connectivity index (χ3v) is 4.85. The molecular formula is C17H21F3N4O2. The first-order valence-electron chi connectivity index (χ1n) is 8.44. The van der Waals surface area contributed by atoms with Crippen molar-refractivity contribution < 1.29 is 22.5 Å². The maximum atomic E-state index is 12.8. The van der Waals surface area contributed by atoms with E-state index in [2.05, 4.69) is 10.1 Å². The van der Waals surface area contributed by atoms with Crippen molar-refractivity contribution in [2.45, 2.75) is 45.8 Å². The van der Waals surface area contributed by atoms with E-state index in [4.69, 9.17) is 4.52 Å². The Balaban J connectivity index is 1.61. The molecule has 2 aromatic rings. The van der Waals surface area contributed by atoms with Gasteiger partial charge in [-0.25, -0.2) is 4.98 Å². The molecule has 1 aliphatic heterocycles. The van der Waals surface area contributed by atoms with Gasteiger partial charge >= 0.3 is 6.18 Å². The zero-order valence-electron chi connectivity index (χ0n) is 14.9. The van der Waals surface area contributed by atoms with E-state index in [9.17, 15) is 18.0 Å². The van der Waals surface area contributed by atoms with E-state index < -0.39 is 11.9 Å². The lowest BCUT2D eigenvalue weighted by Crippen LogP contribution is -2.36. The Labute approximate surface area is 149 Å². The number of halogens is 3. The van der Waals surface area contributed by atoms with Crippen molar-refractivity contribution >= 4 is 5.91 Å². The fraction of sp³-hybridized carbons (Fsp3) is 0.588. The first kappa shape index (κ1) is 18.5. The van der Waals surface area contributed by atoms with Gasteiger partial charge in [-0.05, 0) is 26.2 Å². The highest BCUT2D eigenvalue weighted by Gasteiger charge is 2.36. The van der Waals surface area contributed by atoms with Crippen molar-refractivity contribution in [3.63, 3.8) is 0 Å². The molecule has 2 aromatic heterocycles. The minimum Gasteiger partial charge on any atom is -0.361 e. The van der Waals surface area contributed by atoms with Gasteiger partial charge < -0.3 is 14.0 Å². The Morgan fingerprint density at radius 3 is 2.77 bits per heavy atom. The normalized spacial score (nSPS) is 17.2. The molecule has 0 saturated carbocycles. The average Bonchev–Trinajstić information content (AvgIpc) is 3.12. The zero-order chi connectivity index (χ0) is 19.1. The van der Waals surface area contributed by atoms with Gasteiger partial charge in [0.1, 0.15) is 11.6 Å². The van der Waals surface area contributed by atoms with Gasteiger partial charge in [0.15, 0.2) is 5.69 Å². The maximum absolute atomic E-state index is 12.8. The number of hydrogen-bond donors (Lipinski definition) is 0. The summed E-state index contributed by atoms with van der Waals surface area (Å²) in [6, 6.07) is 0. The van der Waals surface area contributed by atoms with Crippen molar-refractivity contribution in [3.8, 4) is 0 Å². The molecule has 3 rings (SSSR count). The molecule has 0 spiro atoms. The summed E-state index contributed by atoms with van der Waals surface area (Å²) >= 11 is 0. The second-order valence-corrected chi connectivity index (χ2v) is 6.85. The van der Waals surface area contributed by atoms with Gasteiger partial charge in [-0.15, -0.1) is 0 Å². The molecule has 0 N–H and O–H groups in total. The number of carbonyl (C=O) groups is 1. The van der Waals surface area contributed by atoms with Crippen molar-refractivity contribution in [2.75, 3.05) is 13.6 Å². The number of amides is 1. The monoisotopic (exact) mass is 370 g/mol. The van der Waals surface area contributed by atoms with Gasteiger partial charge in [-0.2, -0.15) is 13.2 Å². The first-order chi connectivity index (χ1) is 12.1. The summed E-state index contributed by atoms with van der Waals surface area (Å²) < 4.78 is 45.0. The quantitative estimate of drug-likeness (QED) is 0.830. The van der Waals surface area contributed by atoms with Crippen molar-refractivity contribution in [1.29, 1.82) is 0 Å². The third-order valence-electron chi connectivity index (χ3n) is 4.85. The summed E-state index contributed by atoms with van der Waals surface area (Å²) in [5, 5.41) is 3.84. The van der Waals surface area contributed by atoms with Gasteiger partial charge in [0, 0.05) is 38.3 Å². The van der Waals surface area contributed by atoms with Crippen LogP contribution in [0.3, 0.4) is 0 Å². The van der Waals surface area contributed by atoms with E-state index in [1.165, 1.54) is 0 Å². The van der Waals surface area contributed by atoms with Gasteiger partial charge in [0.2, 0.25) is 5.91 Å². The van der Waals surface area contributed by atoms with Crippen LogP contribution in [0, 0.1) is 19.8 Å². The highest BCUT2D eigenvalue weighted by molar-refractivity contribution is 5.79. The summed E-state index contributed by atoms with van der Waals surface area (Å²) in [6.45, 7) is 4.48. The Bertz CT molecular complexity index is 790. The number of hydrogen-bond acceptors (Lipinski definition) is 4. The highest BCUT2D eigenvalue weighted by Crippen LogP contribution is 2.30. The molecule has 9 heteroatoms. The maximum Gasteiger partial charge on any atom is 0.434 e. The molecule has 1 unspecified atom stereocenters. The SMILES string of the molecule is Cc1noc(C)c1CC(=O)N(C)CC1CCc2nc(C(F)(F)F)cn2C1. The molecule has 1 aliphatic rings. The summed E-state index contributed by atoms with van der Waals surface area (Å²) in [7, 11) is 1.71. The number of likely N-dealkylation sites (N-methyl/N-ethyl adjacent to an activating group) is 1. The summed E-state index contributed by atoms with van der Waals surface area (Å²) in [5.41, 5.74) is 0.637. The lowest BCUT2D eigenvalue weighted by atomic mass is 9.98. The fourth-order valence-corrected chi connectivity index (χ4v) is 3.33. The predicted molar refractivity (Wildman–Crippen MR) is 86.4 cm³/mol. The highest BCUT2D eigenvalue weighted by atomic mass is 19.4. The molecular weight excluding hydrogens is 349 g/mol. The number of fused-ring (bicyclic) bond motifs is 1. The largest absolute Gasteiger partial charge is 0.434 e. The predicted octanol–water partition coefficient (Wildman–Crippen LogP) is 2.77. The summed E-state index contributed by atoms with van der Waals surface area (Å²) in [5.74, 6) is 1.12. The van der Waals surface area contributed by atoms with Crippen LogP contribution in [0.1, 0.15) is 35.0 Å². The minimum atomic E-state index is -4.43. The van der Waals surface area contributed by atoms with Crippen LogP contribution in [0.15, 0.2) is 10.7 Å². The van der Waals surface area contributed by atoms with Crippen LogP contribution in [0.2, 0.25) is 0 Å². The van der Waals surface area contributed by atoms with E-state index in [-0.39, 0.29) is 18.2 Å². The number of imidazole rings is 1. The average molecular weight is 370 g/mol. The van der Waals surface area contributed by atoms with Crippen LogP contribution in [0.4, 0.5) is 13.2 Å². The van der Waals surface area contributed by atoms with E-state index >= 15 is 0 Å². The van der Waals surface area contributed by atoms with Crippen LogP contribution < -0.4 is 0 Å². The number of alkyl halides is 3. The summed E-state index contributed by atoms with van der Waals surface area (Å²) in [4.78, 5) is 17.8. The molecule has 0 radical (unpaired) electrons. The van der Waals surface area contributed by atoms with Crippen molar-refractivity contribution in [3.05, 3.63) is 34.7 Å². The number of nitrogens with zero attached hydrogens (tertiary/aromatic N) is 4. The molecule has 0 aliphatic carbocycles. The Morgan fingerprint density at radius 2 is 2.15 bits per heavy atom. The smallest absolute Gasteiger partial charge is 0.361 e. The lowest BCUT2D eigenvalue weighted by molar-refractivity contribution is -0.141. The molecule has 26 heavy (non-hydrogen) atoms. The number of carbonyl (C=O) groups excluding carboxylic acids is 1. The molecule has 142 valence electrons. The van der Waals surface area contributed by atoms with Crippen LogP contribution in [-0.2, 0) is 30.4 Å². The lowest BCUT2D eigenvalue weighted by Gasteiger charge is -2.28. The molecule has 6 nitrogen and oxygen atoms in total. The number of aryl methyl sites for hydroxylation is 3. The minimum absolute atomic E-state index is 0.0631. The molecule has 1 amide bonds. The fourth-order valence-electron chi connectivity index (χ4n) is 3.33. The van der Waals surface area contributed by atoms with Gasteiger partial charge in [0.25, 0.3) is 0 Å². The van der Waals surface area contributed by atoms with E-state index in [0.717, 1.165) is 11.8 Å². The third kappa shape index (κ3) is 3.76. The van der Waals surface area contributed by atoms with E-state index in [1.54, 1.807) is 30.4 Å². The van der Waals surface area contributed by atoms with Crippen LogP contribution in [0.25, 0.3) is 0 Å². The first-order valence-corrected chi connectivity index (χ1v) is 8.44. The zero-order valence-corrected chi connectivity index (χ0v) is 14.9. The molecule has 0 aromatic carbocycles. The van der Waals surface area contributed by atoms with Gasteiger partial charge in [-0.3, -0.25) is 4.79 Å². The summed E-state index contributed by atoms with van der Waals surface area (Å²) in [6.07, 6.45) is -1.98. The van der Waals surface area contributed by atoms with Crippen LogP contribution in [-0.4, -0.2) is 39.1 Å². The Kier molecular flexibility index (Phi) is 4.81. The standard InChI is InChI=1S/C17H21F3N4O2/c1-10-13(11(2)26-22-10)6-16(25)23(3)7-12-4-5-15-21-14(17(18,19)20)9-24(15)8-12/h9,12H,4-8H2,1-3H3. The van der Waals surface area contributed by atoms with E-state index in [0.29, 0.717) is 43.2 Å². The Hall–Kier alpha value is -2.32. The van der Waals surface area contributed by atoms with E-state index in [1.807, 2.05) is 0 Å². The van der Waals surface area contributed by atoms with Crippen molar-refractivity contribution in [1.82, 2.24) is 19.6 Å². The van der Waals surface area contributed by atoms with Gasteiger partial charge in [0.05, 0.1) is 12.1 Å². The second kappa shape index (κ2) is 6.77.